The highest BCUT2D eigenvalue weighted by Crippen LogP contribution is 2.67. The molecule has 1 heterocycles. The topological polar surface area (TPSA) is 67.6 Å². The number of anilines is 1. The second kappa shape index (κ2) is 9.48. The molecule has 3 N–H and O–H groups in total. The van der Waals surface area contributed by atoms with Crippen LogP contribution in [0.3, 0.4) is 0 Å². The third-order valence-electron chi connectivity index (χ3n) is 11.0. The van der Waals surface area contributed by atoms with Gasteiger partial charge < -0.3 is 5.73 Å². The lowest BCUT2D eigenvalue weighted by atomic mass is 9.47. The van der Waals surface area contributed by atoms with E-state index in [-0.39, 0.29) is 0 Å². The summed E-state index contributed by atoms with van der Waals surface area (Å²) in [6, 6.07) is 0. The highest BCUT2D eigenvalue weighted by molar-refractivity contribution is 7.99. The smallest absolute Gasteiger partial charge is 0.216 e. The molecular formula is C29H48N4S. The number of fused-ring (bicyclic) bond motifs is 5. The third-order valence-corrected chi connectivity index (χ3v) is 12.1. The van der Waals surface area contributed by atoms with E-state index in [2.05, 4.69) is 55.9 Å². The van der Waals surface area contributed by atoms with E-state index in [4.69, 9.17) is 5.73 Å². The Bertz CT molecular complexity index is 892. The lowest BCUT2D eigenvalue weighted by Crippen LogP contribution is -2.50. The summed E-state index contributed by atoms with van der Waals surface area (Å²) in [5.41, 5.74) is 8.50. The van der Waals surface area contributed by atoms with Crippen LogP contribution in [0.1, 0.15) is 105 Å². The van der Waals surface area contributed by atoms with Crippen LogP contribution in [0.25, 0.3) is 0 Å². The molecule has 5 rings (SSSR count). The van der Waals surface area contributed by atoms with Crippen molar-refractivity contribution in [3.63, 3.8) is 0 Å². The first-order chi connectivity index (χ1) is 16.2. The van der Waals surface area contributed by atoms with E-state index in [0.29, 0.717) is 22.0 Å². The summed E-state index contributed by atoms with van der Waals surface area (Å²) in [6.45, 7) is 12.7. The molecule has 1 aromatic rings. The van der Waals surface area contributed by atoms with Gasteiger partial charge in [0.15, 0.2) is 0 Å². The van der Waals surface area contributed by atoms with Gasteiger partial charge in [-0.25, -0.2) is 5.10 Å². The minimum atomic E-state index is 0.417. The molecule has 0 radical (unpaired) electrons. The molecule has 3 saturated carbocycles. The molecule has 4 nitrogen and oxygen atoms in total. The van der Waals surface area contributed by atoms with E-state index in [1.54, 1.807) is 5.57 Å². The Kier molecular flexibility index (Phi) is 6.89. The second-order valence-corrected chi connectivity index (χ2v) is 14.5. The fourth-order valence-corrected chi connectivity index (χ4v) is 10.3. The van der Waals surface area contributed by atoms with Gasteiger partial charge in [0.2, 0.25) is 11.1 Å². The summed E-state index contributed by atoms with van der Waals surface area (Å²) in [5, 5.41) is 8.46. The van der Waals surface area contributed by atoms with Crippen molar-refractivity contribution in [3.8, 4) is 0 Å². The Morgan fingerprint density at radius 2 is 1.91 bits per heavy atom. The Hall–Kier alpha value is -0.970. The molecular weight excluding hydrogens is 436 g/mol. The first-order valence-electron chi connectivity index (χ1n) is 14.2. The van der Waals surface area contributed by atoms with Gasteiger partial charge in [-0.2, -0.15) is 4.98 Å². The SMILES string of the molecule is CC(C)CCC[C@H](C)[C@@H]1CC[C@@H]2[C@@H]3CC=C4C[C@H](Sc5n[nH]c(N)n5)CC[C@]4(C)[C@@H]3CC[C@@]21C. The molecule has 0 aliphatic heterocycles. The standard InChI is InChI=1S/C29H48N4S/c1-18(2)7-6-8-19(3)23-11-12-24-22-10-9-20-17-21(34-27-31-26(30)32-33-27)13-15-28(20,4)25(22)14-16-29(23,24)5/h9,18-19,21-25H,6-8,10-17H2,1-5H3,(H3,30,31,32,33)/t19-,21+,22-,23-,24+,25+,28-,29+/m0/s1. The molecule has 0 aromatic carbocycles. The molecule has 8 atom stereocenters. The molecule has 0 spiro atoms. The summed E-state index contributed by atoms with van der Waals surface area (Å²) >= 11 is 1.82. The number of nitrogens with one attached hydrogen (secondary N) is 1. The Labute approximate surface area is 212 Å². The molecule has 190 valence electrons. The second-order valence-electron chi connectivity index (χ2n) is 13.3. The normalized spacial score (nSPS) is 40.4. The number of aromatic amines is 1. The number of nitrogen functional groups attached to an aromatic ring is 1. The molecule has 1 aromatic heterocycles. The number of aromatic nitrogens is 3. The number of rotatable bonds is 7. The molecule has 0 amide bonds. The fourth-order valence-electron chi connectivity index (χ4n) is 9.21. The summed E-state index contributed by atoms with van der Waals surface area (Å²) in [4.78, 5) is 4.34. The molecule has 5 heteroatoms. The van der Waals surface area contributed by atoms with Crippen molar-refractivity contribution in [2.45, 2.75) is 116 Å². The van der Waals surface area contributed by atoms with E-state index in [1.807, 2.05) is 11.8 Å². The van der Waals surface area contributed by atoms with Crippen LogP contribution in [0.4, 0.5) is 5.95 Å². The van der Waals surface area contributed by atoms with Gasteiger partial charge in [0.05, 0.1) is 0 Å². The summed E-state index contributed by atoms with van der Waals surface area (Å²) < 4.78 is 0. The van der Waals surface area contributed by atoms with Gasteiger partial charge >= 0.3 is 0 Å². The molecule has 34 heavy (non-hydrogen) atoms. The largest absolute Gasteiger partial charge is 0.368 e. The average Bonchev–Trinajstić information content (AvgIpc) is 3.35. The van der Waals surface area contributed by atoms with Crippen LogP contribution < -0.4 is 5.73 Å². The van der Waals surface area contributed by atoms with Crippen LogP contribution in [0.5, 0.6) is 0 Å². The van der Waals surface area contributed by atoms with Crippen LogP contribution in [0.2, 0.25) is 0 Å². The number of thioether (sulfide) groups is 1. The van der Waals surface area contributed by atoms with Gasteiger partial charge in [0.25, 0.3) is 0 Å². The van der Waals surface area contributed by atoms with Crippen molar-refractivity contribution in [2.24, 2.45) is 46.3 Å². The fraction of sp³-hybridized carbons (Fsp3) is 0.862. The number of H-pyrrole nitrogens is 1. The van der Waals surface area contributed by atoms with E-state index in [0.717, 1.165) is 40.7 Å². The third kappa shape index (κ3) is 4.37. The van der Waals surface area contributed by atoms with Crippen molar-refractivity contribution < 1.29 is 0 Å². The molecule has 0 unspecified atom stereocenters. The van der Waals surface area contributed by atoms with E-state index < -0.39 is 0 Å². The van der Waals surface area contributed by atoms with Gasteiger partial charge in [-0.15, -0.1) is 5.10 Å². The quantitative estimate of drug-likeness (QED) is 0.386. The Morgan fingerprint density at radius 3 is 2.65 bits per heavy atom. The first-order valence-corrected chi connectivity index (χ1v) is 15.1. The highest BCUT2D eigenvalue weighted by Gasteiger charge is 2.59. The monoisotopic (exact) mass is 484 g/mol. The average molecular weight is 485 g/mol. The van der Waals surface area contributed by atoms with Crippen molar-refractivity contribution >= 4 is 17.7 Å². The van der Waals surface area contributed by atoms with Gasteiger partial charge in [-0.05, 0) is 97.7 Å². The number of hydrogen-bond donors (Lipinski definition) is 2. The van der Waals surface area contributed by atoms with Gasteiger partial charge in [-0.1, -0.05) is 77.3 Å². The maximum Gasteiger partial charge on any atom is 0.216 e. The molecule has 4 aliphatic rings. The predicted octanol–water partition coefficient (Wildman–Crippen LogP) is 7.89. The van der Waals surface area contributed by atoms with Crippen molar-refractivity contribution in [1.29, 1.82) is 0 Å². The summed E-state index contributed by atoms with van der Waals surface area (Å²) in [7, 11) is 0. The summed E-state index contributed by atoms with van der Waals surface area (Å²) in [6.07, 6.45) is 18.0. The zero-order valence-corrected chi connectivity index (χ0v) is 23.1. The molecule has 3 fully saturated rings. The number of allylic oxidation sites excluding steroid dienone is 2. The van der Waals surface area contributed by atoms with Crippen molar-refractivity contribution in [3.05, 3.63) is 11.6 Å². The lowest BCUT2D eigenvalue weighted by molar-refractivity contribution is -0.0497. The summed E-state index contributed by atoms with van der Waals surface area (Å²) in [5.74, 6) is 5.88. The van der Waals surface area contributed by atoms with Gasteiger partial charge in [0.1, 0.15) is 0 Å². The zero-order valence-electron chi connectivity index (χ0n) is 22.3. The molecule has 0 bridgehead atoms. The molecule has 4 aliphatic carbocycles. The predicted molar refractivity (Wildman–Crippen MR) is 143 cm³/mol. The maximum absolute atomic E-state index is 5.75. The van der Waals surface area contributed by atoms with Crippen molar-refractivity contribution in [2.75, 3.05) is 5.73 Å². The minimum absolute atomic E-state index is 0.417. The first kappa shape index (κ1) is 24.7. The van der Waals surface area contributed by atoms with Crippen LogP contribution in [0, 0.1) is 46.3 Å². The zero-order chi connectivity index (χ0) is 24.1. The number of hydrogen-bond acceptors (Lipinski definition) is 4. The number of nitrogens with two attached hydrogens (primary N) is 1. The Balaban J connectivity index is 1.27. The van der Waals surface area contributed by atoms with Crippen LogP contribution in [0.15, 0.2) is 16.8 Å². The van der Waals surface area contributed by atoms with Crippen LogP contribution >= 0.6 is 11.8 Å². The van der Waals surface area contributed by atoms with Crippen LogP contribution in [-0.4, -0.2) is 20.4 Å². The Morgan fingerprint density at radius 1 is 1.09 bits per heavy atom. The molecule has 0 saturated heterocycles. The van der Waals surface area contributed by atoms with E-state index in [1.165, 1.54) is 70.6 Å². The van der Waals surface area contributed by atoms with E-state index in [9.17, 15) is 0 Å². The highest BCUT2D eigenvalue weighted by atomic mass is 32.2. The lowest BCUT2D eigenvalue weighted by Gasteiger charge is -2.58. The van der Waals surface area contributed by atoms with Crippen molar-refractivity contribution in [1.82, 2.24) is 15.2 Å². The van der Waals surface area contributed by atoms with E-state index >= 15 is 0 Å². The minimum Gasteiger partial charge on any atom is -0.368 e. The maximum atomic E-state index is 5.75. The van der Waals surface area contributed by atoms with Gasteiger partial charge in [-0.3, -0.25) is 0 Å². The van der Waals surface area contributed by atoms with Crippen LogP contribution in [-0.2, 0) is 0 Å². The number of nitrogens with zero attached hydrogens (tertiary/aromatic N) is 2. The van der Waals surface area contributed by atoms with Gasteiger partial charge in [0, 0.05) is 5.25 Å².